The number of nitrogens with two attached hydrogens (primary N) is 2. The molecule has 0 radical (unpaired) electrons. The molecule has 0 aliphatic carbocycles. The molecule has 30 heavy (non-hydrogen) atoms. The van der Waals surface area contributed by atoms with Gasteiger partial charge in [-0.2, -0.15) is 0 Å². The Morgan fingerprint density at radius 2 is 1.43 bits per heavy atom. The molecule has 9 heteroatoms. The van der Waals surface area contributed by atoms with Crippen molar-refractivity contribution in [1.29, 1.82) is 0 Å². The zero-order valence-electron chi connectivity index (χ0n) is 16.8. The lowest BCUT2D eigenvalue weighted by Crippen LogP contribution is -2.29. The zero-order chi connectivity index (χ0) is 22.1. The fourth-order valence-corrected chi connectivity index (χ4v) is 2.02. The second-order valence-corrected chi connectivity index (χ2v) is 5.89. The Morgan fingerprint density at radius 1 is 0.933 bits per heavy atom. The fraction of sp³-hybridized carbons (Fsp3) is 0.286. The van der Waals surface area contributed by atoms with Crippen LogP contribution >= 0.6 is 0 Å². The summed E-state index contributed by atoms with van der Waals surface area (Å²) in [6.45, 7) is -0.174. The molecule has 0 bridgehead atoms. The van der Waals surface area contributed by atoms with Crippen LogP contribution in [0.3, 0.4) is 0 Å². The predicted octanol–water partition coefficient (Wildman–Crippen LogP) is 1.92. The van der Waals surface area contributed by atoms with E-state index in [9.17, 15) is 9.59 Å². The summed E-state index contributed by atoms with van der Waals surface area (Å²) in [4.78, 5) is 29.7. The van der Waals surface area contributed by atoms with Crippen LogP contribution in [-0.4, -0.2) is 52.7 Å². The van der Waals surface area contributed by atoms with E-state index >= 15 is 0 Å². The second-order valence-electron chi connectivity index (χ2n) is 5.89. The molecule has 1 atom stereocenters. The molecule has 9 nitrogen and oxygen atoms in total. The molecule has 0 unspecified atom stereocenters. The maximum Gasteiger partial charge on any atom is 0.329 e. The van der Waals surface area contributed by atoms with E-state index in [4.69, 9.17) is 31.6 Å². The van der Waals surface area contributed by atoms with Crippen molar-refractivity contribution in [2.75, 3.05) is 13.2 Å². The molecular weight excluding hydrogens is 390 g/mol. The van der Waals surface area contributed by atoms with Gasteiger partial charge in [0.15, 0.2) is 0 Å². The van der Waals surface area contributed by atoms with Crippen LogP contribution in [0.1, 0.15) is 29.6 Å². The number of aliphatic carboxylic acids is 2. The summed E-state index contributed by atoms with van der Waals surface area (Å²) >= 11 is 0. The van der Waals surface area contributed by atoms with Crippen molar-refractivity contribution in [2.45, 2.75) is 25.3 Å². The Balaban J connectivity index is 0. The van der Waals surface area contributed by atoms with Crippen LogP contribution in [0, 0.1) is 0 Å². The van der Waals surface area contributed by atoms with Crippen molar-refractivity contribution >= 4 is 18.2 Å². The molecule has 0 fully saturated rings. The van der Waals surface area contributed by atoms with Gasteiger partial charge in [-0.25, -0.2) is 4.79 Å². The summed E-state index contributed by atoms with van der Waals surface area (Å²) in [7, 11) is 0. The zero-order valence-corrected chi connectivity index (χ0v) is 16.8. The molecular formula is C21H31N3O6. The summed E-state index contributed by atoms with van der Waals surface area (Å²) in [5, 5.41) is 23.3. The van der Waals surface area contributed by atoms with Crippen LogP contribution in [0.25, 0.3) is 11.1 Å². The van der Waals surface area contributed by atoms with Gasteiger partial charge in [0.25, 0.3) is 0 Å². The number of aliphatic hydroxyl groups excluding tert-OH is 1. The van der Waals surface area contributed by atoms with Crippen LogP contribution < -0.4 is 17.6 Å². The van der Waals surface area contributed by atoms with Crippen molar-refractivity contribution in [1.82, 2.24) is 6.15 Å². The molecule has 2 aromatic rings. The molecule has 10 N–H and O–H groups in total. The van der Waals surface area contributed by atoms with Gasteiger partial charge in [-0.3, -0.25) is 9.59 Å². The maximum atomic E-state index is 10.5. The lowest BCUT2D eigenvalue weighted by atomic mass is 10.0. The minimum atomic E-state index is -1.19. The van der Waals surface area contributed by atoms with Gasteiger partial charge in [0, 0.05) is 5.56 Å². The van der Waals surface area contributed by atoms with Gasteiger partial charge in [-0.1, -0.05) is 61.0 Å². The van der Waals surface area contributed by atoms with Gasteiger partial charge >= 0.3 is 11.9 Å². The minimum absolute atomic E-state index is 0. The largest absolute Gasteiger partial charge is 0.480 e. The van der Waals surface area contributed by atoms with Crippen LogP contribution in [0.2, 0.25) is 0 Å². The first-order valence-electron chi connectivity index (χ1n) is 8.97. The highest BCUT2D eigenvalue weighted by Crippen LogP contribution is 2.18. The predicted molar refractivity (Wildman–Crippen MR) is 116 cm³/mol. The van der Waals surface area contributed by atoms with Crippen LogP contribution in [0.5, 0.6) is 0 Å². The fourth-order valence-electron chi connectivity index (χ4n) is 2.02. The number of carboxylic acids is 2. The van der Waals surface area contributed by atoms with Crippen molar-refractivity contribution in [3.05, 3.63) is 60.2 Å². The third-order valence-corrected chi connectivity index (χ3v) is 3.58. The highest BCUT2D eigenvalue weighted by molar-refractivity contribution is 5.76. The number of benzene rings is 2. The first-order chi connectivity index (χ1) is 13.8. The number of aldehydes is 1. The highest BCUT2D eigenvalue weighted by atomic mass is 16.4. The van der Waals surface area contributed by atoms with Gasteiger partial charge < -0.3 is 32.9 Å². The van der Waals surface area contributed by atoms with Crippen molar-refractivity contribution in [2.24, 2.45) is 11.5 Å². The summed E-state index contributed by atoms with van der Waals surface area (Å²) in [6, 6.07) is 17.0. The Morgan fingerprint density at radius 3 is 1.83 bits per heavy atom. The van der Waals surface area contributed by atoms with Gasteiger partial charge in [0.1, 0.15) is 18.9 Å². The molecule has 0 heterocycles. The number of carbonyl (C=O) groups is 3. The van der Waals surface area contributed by atoms with E-state index in [-0.39, 0.29) is 6.15 Å². The first-order valence-corrected chi connectivity index (χ1v) is 8.97. The van der Waals surface area contributed by atoms with E-state index in [0.717, 1.165) is 24.7 Å². The first kappa shape index (κ1) is 29.1. The molecule has 0 saturated heterocycles. The summed E-state index contributed by atoms with van der Waals surface area (Å²) in [5.74, 6) is -2.12. The second kappa shape index (κ2) is 18.0. The van der Waals surface area contributed by atoms with Crippen LogP contribution in [0.15, 0.2) is 54.6 Å². The summed E-state index contributed by atoms with van der Waals surface area (Å²) in [6.07, 6.45) is 3.02. The van der Waals surface area contributed by atoms with E-state index in [1.807, 2.05) is 42.5 Å². The van der Waals surface area contributed by atoms with E-state index in [1.165, 1.54) is 5.56 Å². The number of aliphatic hydroxyl groups is 1. The summed E-state index contributed by atoms with van der Waals surface area (Å²) < 4.78 is 0. The number of unbranched alkanes of at least 4 members (excludes halogenated alkanes) is 1. The molecule has 0 aliphatic heterocycles. The number of carbonyl (C=O) groups excluding carboxylic acids is 1. The van der Waals surface area contributed by atoms with E-state index in [1.54, 1.807) is 0 Å². The third-order valence-electron chi connectivity index (χ3n) is 3.58. The Hall–Kier alpha value is -3.11. The van der Waals surface area contributed by atoms with Crippen molar-refractivity contribution in [3.63, 3.8) is 0 Å². The van der Waals surface area contributed by atoms with Crippen molar-refractivity contribution in [3.8, 4) is 11.1 Å². The lowest BCUT2D eigenvalue weighted by molar-refractivity contribution is -0.140. The standard InChI is InChI=1S/C13H10O.C6H14N2O2.C2H4O3.H3N/c14-10-11-6-8-13(9-7-11)12-4-2-1-3-5-12;7-4-2-1-3-5(8)6(9)10;3-1-2(4)5;/h1-10H;5H,1-4,7-8H2,(H,9,10);3H,1H2,(H,4,5);1H3/t;5-;;/m.0../s1. The molecule has 0 amide bonds. The summed E-state index contributed by atoms with van der Waals surface area (Å²) in [5.41, 5.74) is 13.4. The van der Waals surface area contributed by atoms with Crippen LogP contribution in [-0.2, 0) is 9.59 Å². The van der Waals surface area contributed by atoms with Gasteiger partial charge in [-0.15, -0.1) is 0 Å². The van der Waals surface area contributed by atoms with E-state index < -0.39 is 24.6 Å². The third kappa shape index (κ3) is 14.0. The van der Waals surface area contributed by atoms with Gasteiger partial charge in [0.05, 0.1) is 0 Å². The Labute approximate surface area is 175 Å². The lowest BCUT2D eigenvalue weighted by Gasteiger charge is -2.03. The average Bonchev–Trinajstić information content (AvgIpc) is 2.75. The molecule has 2 aromatic carbocycles. The highest BCUT2D eigenvalue weighted by Gasteiger charge is 2.09. The van der Waals surface area contributed by atoms with Gasteiger partial charge in [0.2, 0.25) is 0 Å². The minimum Gasteiger partial charge on any atom is -0.480 e. The SMILES string of the molecule is N.NCCCC[C@H](N)C(=O)O.O=C(O)CO.O=Cc1ccc(-c2ccccc2)cc1. The quantitative estimate of drug-likeness (QED) is 0.272. The number of hydrogen-bond donors (Lipinski definition) is 6. The average molecular weight is 421 g/mol. The Bertz CT molecular complexity index is 723. The number of hydrogen-bond acceptors (Lipinski definition) is 7. The molecule has 0 aliphatic rings. The van der Waals surface area contributed by atoms with Crippen LogP contribution in [0.4, 0.5) is 0 Å². The molecule has 2 rings (SSSR count). The monoisotopic (exact) mass is 421 g/mol. The van der Waals surface area contributed by atoms with Gasteiger partial charge in [-0.05, 0) is 30.5 Å². The van der Waals surface area contributed by atoms with E-state index in [2.05, 4.69) is 12.1 Å². The molecule has 0 spiro atoms. The Kier molecular flexibility index (Phi) is 17.4. The number of carboxylic acid groups (broad SMARTS) is 2. The normalized spacial score (nSPS) is 10.1. The molecule has 0 saturated carbocycles. The molecule has 166 valence electrons. The number of rotatable bonds is 8. The topological polar surface area (TPSA) is 199 Å². The molecule has 0 aromatic heterocycles. The van der Waals surface area contributed by atoms with Crippen molar-refractivity contribution < 1.29 is 29.7 Å². The smallest absolute Gasteiger partial charge is 0.329 e. The maximum absolute atomic E-state index is 10.5. The van der Waals surface area contributed by atoms with E-state index in [0.29, 0.717) is 18.5 Å².